The Morgan fingerprint density at radius 1 is 1.10 bits per heavy atom. The fraction of sp³-hybridized carbons (Fsp3) is 0.556. The second-order valence-electron chi connectivity index (χ2n) is 5.71. The van der Waals surface area contributed by atoms with E-state index in [0.29, 0.717) is 5.56 Å². The lowest BCUT2D eigenvalue weighted by atomic mass is 9.77. The Morgan fingerprint density at radius 2 is 1.80 bits per heavy atom. The van der Waals surface area contributed by atoms with Gasteiger partial charge in [0.05, 0.1) is 5.56 Å². The van der Waals surface area contributed by atoms with Crippen LogP contribution in [0.3, 0.4) is 0 Å². The van der Waals surface area contributed by atoms with Crippen molar-refractivity contribution in [3.63, 3.8) is 0 Å². The molecule has 2 rings (SSSR count). The molecule has 20 heavy (non-hydrogen) atoms. The van der Waals surface area contributed by atoms with Gasteiger partial charge in [0.1, 0.15) is 0 Å². The molecule has 2 heteroatoms. The van der Waals surface area contributed by atoms with Gasteiger partial charge in [0.15, 0.2) is 11.6 Å². The Labute approximate surface area is 120 Å². The van der Waals surface area contributed by atoms with Crippen molar-refractivity contribution in [3.05, 3.63) is 34.9 Å². The van der Waals surface area contributed by atoms with Crippen LogP contribution in [0.15, 0.2) is 12.1 Å². The third kappa shape index (κ3) is 3.20. The van der Waals surface area contributed by atoms with Crippen molar-refractivity contribution in [3.8, 4) is 11.8 Å². The zero-order valence-corrected chi connectivity index (χ0v) is 12.3. The summed E-state index contributed by atoms with van der Waals surface area (Å²) in [6, 6.07) is 3.34. The van der Waals surface area contributed by atoms with E-state index in [2.05, 4.69) is 18.8 Å². The smallest absolute Gasteiger partial charge is 0.174 e. The highest BCUT2D eigenvalue weighted by Gasteiger charge is 2.25. The molecule has 1 saturated carbocycles. The molecule has 1 fully saturated rings. The Morgan fingerprint density at radius 3 is 2.40 bits per heavy atom. The summed E-state index contributed by atoms with van der Waals surface area (Å²) in [5.41, 5.74) is 0.701. The Hall–Kier alpha value is -1.36. The maximum absolute atomic E-state index is 14.2. The van der Waals surface area contributed by atoms with Gasteiger partial charge in [-0.05, 0) is 56.1 Å². The van der Waals surface area contributed by atoms with Crippen LogP contribution < -0.4 is 0 Å². The molecule has 0 heterocycles. The molecule has 0 atom stereocenters. The number of rotatable bonds is 3. The van der Waals surface area contributed by atoms with Crippen molar-refractivity contribution >= 4 is 0 Å². The normalized spacial score (nSPS) is 22.2. The molecule has 0 spiro atoms. The van der Waals surface area contributed by atoms with E-state index in [1.165, 1.54) is 12.8 Å². The minimum Gasteiger partial charge on any atom is -0.203 e. The minimum atomic E-state index is -0.785. The summed E-state index contributed by atoms with van der Waals surface area (Å²) < 4.78 is 28.1. The average molecular weight is 276 g/mol. The number of benzene rings is 1. The Bertz CT molecular complexity index is 514. The quantitative estimate of drug-likeness (QED) is 0.647. The molecule has 0 radical (unpaired) electrons. The van der Waals surface area contributed by atoms with Crippen LogP contribution in [0.4, 0.5) is 8.78 Å². The standard InChI is InChI=1S/C18H22F2/c1-3-5-13-7-9-14(10-8-13)16-12-11-15(6-4-2)17(19)18(16)20/h11-14H,3,5,7-10H2,1-2H3/t13-,14-. The summed E-state index contributed by atoms with van der Waals surface area (Å²) >= 11 is 0. The Kier molecular flexibility index (Phi) is 5.17. The van der Waals surface area contributed by atoms with E-state index < -0.39 is 11.6 Å². The molecule has 0 N–H and O–H groups in total. The van der Waals surface area contributed by atoms with Crippen LogP contribution in [0.1, 0.15) is 69.4 Å². The molecule has 1 aliphatic carbocycles. The van der Waals surface area contributed by atoms with Crippen LogP contribution in [-0.4, -0.2) is 0 Å². The lowest BCUT2D eigenvalue weighted by Gasteiger charge is -2.29. The summed E-state index contributed by atoms with van der Waals surface area (Å²) in [6.45, 7) is 3.83. The molecule has 0 bridgehead atoms. The molecule has 0 unspecified atom stereocenters. The van der Waals surface area contributed by atoms with E-state index >= 15 is 0 Å². The number of halogens is 2. The second kappa shape index (κ2) is 6.88. The van der Waals surface area contributed by atoms with Crippen molar-refractivity contribution in [1.29, 1.82) is 0 Å². The fourth-order valence-corrected chi connectivity index (χ4v) is 3.28. The van der Waals surface area contributed by atoms with Crippen molar-refractivity contribution < 1.29 is 8.78 Å². The second-order valence-corrected chi connectivity index (χ2v) is 5.71. The van der Waals surface area contributed by atoms with E-state index in [1.54, 1.807) is 19.1 Å². The number of hydrogen-bond donors (Lipinski definition) is 0. The average Bonchev–Trinajstić information content (AvgIpc) is 2.46. The lowest BCUT2D eigenvalue weighted by Crippen LogP contribution is -2.15. The van der Waals surface area contributed by atoms with Gasteiger partial charge in [0.25, 0.3) is 0 Å². The van der Waals surface area contributed by atoms with Crippen molar-refractivity contribution in [2.75, 3.05) is 0 Å². The molecule has 0 aliphatic heterocycles. The van der Waals surface area contributed by atoms with Crippen molar-refractivity contribution in [1.82, 2.24) is 0 Å². The first-order chi connectivity index (χ1) is 9.67. The van der Waals surface area contributed by atoms with Gasteiger partial charge in [0.2, 0.25) is 0 Å². The van der Waals surface area contributed by atoms with E-state index in [-0.39, 0.29) is 11.5 Å². The fourth-order valence-electron chi connectivity index (χ4n) is 3.28. The minimum absolute atomic E-state index is 0.161. The van der Waals surface area contributed by atoms with Crippen LogP contribution in [0.2, 0.25) is 0 Å². The third-order valence-corrected chi connectivity index (χ3v) is 4.36. The van der Waals surface area contributed by atoms with Gasteiger partial charge in [-0.15, -0.1) is 5.92 Å². The topological polar surface area (TPSA) is 0 Å². The van der Waals surface area contributed by atoms with Gasteiger partial charge in [-0.1, -0.05) is 31.8 Å². The molecule has 1 aromatic rings. The van der Waals surface area contributed by atoms with E-state index in [0.717, 1.165) is 31.6 Å². The highest BCUT2D eigenvalue weighted by molar-refractivity contribution is 5.39. The summed E-state index contributed by atoms with van der Waals surface area (Å²) in [7, 11) is 0. The first-order valence-corrected chi connectivity index (χ1v) is 7.58. The van der Waals surface area contributed by atoms with Crippen LogP contribution in [0, 0.1) is 29.4 Å². The molecule has 0 nitrogen and oxygen atoms in total. The van der Waals surface area contributed by atoms with Gasteiger partial charge in [0, 0.05) is 0 Å². The van der Waals surface area contributed by atoms with Crippen molar-refractivity contribution in [2.45, 2.75) is 58.3 Å². The van der Waals surface area contributed by atoms with E-state index in [1.807, 2.05) is 0 Å². The largest absolute Gasteiger partial charge is 0.203 e. The van der Waals surface area contributed by atoms with Crippen molar-refractivity contribution in [2.24, 2.45) is 5.92 Å². The highest BCUT2D eigenvalue weighted by atomic mass is 19.2. The van der Waals surface area contributed by atoms with Gasteiger partial charge in [-0.2, -0.15) is 0 Å². The van der Waals surface area contributed by atoms with Gasteiger partial charge in [-0.3, -0.25) is 0 Å². The molecular weight excluding hydrogens is 254 g/mol. The Balaban J connectivity index is 2.14. The molecule has 0 amide bonds. The maximum Gasteiger partial charge on any atom is 0.174 e. The molecular formula is C18H22F2. The maximum atomic E-state index is 14.2. The third-order valence-electron chi connectivity index (χ3n) is 4.36. The lowest BCUT2D eigenvalue weighted by molar-refractivity contribution is 0.303. The summed E-state index contributed by atoms with van der Waals surface area (Å²) in [5.74, 6) is 4.68. The van der Waals surface area contributed by atoms with Crippen LogP contribution in [0.5, 0.6) is 0 Å². The predicted molar refractivity (Wildman–Crippen MR) is 78.5 cm³/mol. The summed E-state index contributed by atoms with van der Waals surface area (Å²) in [5, 5.41) is 0. The summed E-state index contributed by atoms with van der Waals surface area (Å²) in [6.07, 6.45) is 6.68. The molecule has 0 saturated heterocycles. The first kappa shape index (κ1) is 15.0. The zero-order chi connectivity index (χ0) is 14.5. The van der Waals surface area contributed by atoms with Gasteiger partial charge < -0.3 is 0 Å². The van der Waals surface area contributed by atoms with E-state index in [9.17, 15) is 8.78 Å². The first-order valence-electron chi connectivity index (χ1n) is 7.58. The van der Waals surface area contributed by atoms with Crippen LogP contribution in [-0.2, 0) is 0 Å². The number of hydrogen-bond acceptors (Lipinski definition) is 0. The molecule has 108 valence electrons. The molecule has 1 aromatic carbocycles. The molecule has 1 aliphatic rings. The monoisotopic (exact) mass is 276 g/mol. The SMILES string of the molecule is CC#Cc1ccc([C@H]2CC[C@H](CCC)CC2)c(F)c1F. The summed E-state index contributed by atoms with van der Waals surface area (Å²) in [4.78, 5) is 0. The molecule has 0 aromatic heterocycles. The van der Waals surface area contributed by atoms with Gasteiger partial charge in [-0.25, -0.2) is 8.78 Å². The van der Waals surface area contributed by atoms with Crippen LogP contribution >= 0.6 is 0 Å². The zero-order valence-electron chi connectivity index (χ0n) is 12.3. The highest BCUT2D eigenvalue weighted by Crippen LogP contribution is 2.38. The van der Waals surface area contributed by atoms with Gasteiger partial charge >= 0.3 is 0 Å². The predicted octanol–water partition coefficient (Wildman–Crippen LogP) is 5.41. The van der Waals surface area contributed by atoms with Crippen LogP contribution in [0.25, 0.3) is 0 Å². The van der Waals surface area contributed by atoms with E-state index in [4.69, 9.17) is 0 Å².